The molecule has 1 amide bonds. The van der Waals surface area contributed by atoms with Crippen molar-refractivity contribution in [3.05, 3.63) is 35.4 Å². The highest BCUT2D eigenvalue weighted by atomic mass is 35.5. The zero-order valence-corrected chi connectivity index (χ0v) is 14.8. The summed E-state index contributed by atoms with van der Waals surface area (Å²) in [5.41, 5.74) is 8.22. The van der Waals surface area contributed by atoms with Crippen molar-refractivity contribution in [2.75, 3.05) is 6.54 Å². The van der Waals surface area contributed by atoms with Gasteiger partial charge in [-0.2, -0.15) is 0 Å². The lowest BCUT2D eigenvalue weighted by Gasteiger charge is -2.37. The summed E-state index contributed by atoms with van der Waals surface area (Å²) in [7, 11) is 0. The van der Waals surface area contributed by atoms with E-state index in [1.165, 1.54) is 30.4 Å². The van der Waals surface area contributed by atoms with Gasteiger partial charge in [-0.25, -0.2) is 0 Å². The first-order valence-corrected chi connectivity index (χ1v) is 8.73. The lowest BCUT2D eigenvalue weighted by molar-refractivity contribution is -0.128. The van der Waals surface area contributed by atoms with E-state index in [9.17, 15) is 4.79 Å². The van der Waals surface area contributed by atoms with Crippen LogP contribution in [-0.2, 0) is 10.2 Å². The number of benzene rings is 1. The SMILES string of the molecule is Cc1cccc(C2(C(=O)NCC(N)C3CC3)CCCCC2)c1.Cl. The molecule has 1 unspecified atom stereocenters. The molecule has 0 bridgehead atoms. The Morgan fingerprint density at radius 1 is 1.30 bits per heavy atom. The molecule has 2 saturated carbocycles. The van der Waals surface area contributed by atoms with Crippen molar-refractivity contribution in [2.24, 2.45) is 11.7 Å². The van der Waals surface area contributed by atoms with Crippen molar-refractivity contribution in [1.29, 1.82) is 0 Å². The number of rotatable bonds is 5. The van der Waals surface area contributed by atoms with Crippen LogP contribution >= 0.6 is 12.4 Å². The second-order valence-corrected chi connectivity index (χ2v) is 7.22. The van der Waals surface area contributed by atoms with E-state index in [1.807, 2.05) is 0 Å². The summed E-state index contributed by atoms with van der Waals surface area (Å²) in [6.45, 7) is 2.72. The second kappa shape index (κ2) is 7.67. The van der Waals surface area contributed by atoms with Crippen molar-refractivity contribution in [3.63, 3.8) is 0 Å². The highest BCUT2D eigenvalue weighted by molar-refractivity contribution is 5.88. The number of halogens is 1. The fraction of sp³-hybridized carbons (Fsp3) is 0.632. The van der Waals surface area contributed by atoms with E-state index in [1.54, 1.807) is 0 Å². The van der Waals surface area contributed by atoms with Gasteiger partial charge >= 0.3 is 0 Å². The van der Waals surface area contributed by atoms with Crippen LogP contribution in [-0.4, -0.2) is 18.5 Å². The predicted octanol–water partition coefficient (Wildman–Crippen LogP) is 3.47. The van der Waals surface area contributed by atoms with Crippen LogP contribution in [0.15, 0.2) is 24.3 Å². The minimum absolute atomic E-state index is 0. The summed E-state index contributed by atoms with van der Waals surface area (Å²) in [6, 6.07) is 8.61. The third-order valence-corrected chi connectivity index (χ3v) is 5.44. The number of nitrogens with two attached hydrogens (primary N) is 1. The Bertz CT molecular complexity index is 536. The van der Waals surface area contributed by atoms with E-state index in [0.29, 0.717) is 12.5 Å². The molecular formula is C19H29ClN2O. The Morgan fingerprint density at radius 3 is 2.61 bits per heavy atom. The minimum Gasteiger partial charge on any atom is -0.354 e. The summed E-state index contributed by atoms with van der Waals surface area (Å²) >= 11 is 0. The van der Waals surface area contributed by atoms with Gasteiger partial charge in [0.2, 0.25) is 5.91 Å². The monoisotopic (exact) mass is 336 g/mol. The van der Waals surface area contributed by atoms with Crippen LogP contribution in [0.2, 0.25) is 0 Å². The number of amides is 1. The molecular weight excluding hydrogens is 308 g/mol. The number of aryl methyl sites for hydroxylation is 1. The first-order chi connectivity index (χ1) is 10.6. The van der Waals surface area contributed by atoms with Crippen LogP contribution < -0.4 is 11.1 Å². The number of carbonyl (C=O) groups excluding carboxylic acids is 1. The Labute approximate surface area is 145 Å². The molecule has 128 valence electrons. The highest BCUT2D eigenvalue weighted by Gasteiger charge is 2.41. The molecule has 3 rings (SSSR count). The van der Waals surface area contributed by atoms with E-state index in [0.717, 1.165) is 25.7 Å². The van der Waals surface area contributed by atoms with Gasteiger partial charge in [-0.3, -0.25) is 4.79 Å². The lowest BCUT2D eigenvalue weighted by Crippen LogP contribution is -2.49. The quantitative estimate of drug-likeness (QED) is 0.865. The fourth-order valence-electron chi connectivity index (χ4n) is 3.82. The summed E-state index contributed by atoms with van der Waals surface area (Å²) < 4.78 is 0. The van der Waals surface area contributed by atoms with Gasteiger partial charge in [0.05, 0.1) is 5.41 Å². The first-order valence-electron chi connectivity index (χ1n) is 8.73. The molecule has 3 N–H and O–H groups in total. The number of carbonyl (C=O) groups is 1. The van der Waals surface area contributed by atoms with Crippen LogP contribution in [0.25, 0.3) is 0 Å². The maximum Gasteiger partial charge on any atom is 0.230 e. The average molecular weight is 337 g/mol. The van der Waals surface area contributed by atoms with E-state index in [2.05, 4.69) is 36.5 Å². The Hall–Kier alpha value is -1.06. The molecule has 1 aromatic rings. The van der Waals surface area contributed by atoms with Gasteiger partial charge in [0.25, 0.3) is 0 Å². The third kappa shape index (κ3) is 4.07. The Kier molecular flexibility index (Phi) is 6.10. The molecule has 0 aromatic heterocycles. The molecule has 0 heterocycles. The Balaban J connectivity index is 0.00000192. The molecule has 1 aromatic carbocycles. The molecule has 1 atom stereocenters. The van der Waals surface area contributed by atoms with Crippen LogP contribution in [0.3, 0.4) is 0 Å². The van der Waals surface area contributed by atoms with Gasteiger partial charge in [0.1, 0.15) is 0 Å². The highest BCUT2D eigenvalue weighted by Crippen LogP contribution is 2.40. The normalized spacial score (nSPS) is 21.1. The number of hydrogen-bond acceptors (Lipinski definition) is 2. The van der Waals surface area contributed by atoms with E-state index >= 15 is 0 Å². The van der Waals surface area contributed by atoms with Crippen molar-refractivity contribution in [1.82, 2.24) is 5.32 Å². The van der Waals surface area contributed by atoms with E-state index < -0.39 is 0 Å². The molecule has 2 aliphatic rings. The van der Waals surface area contributed by atoms with Gasteiger partial charge in [-0.15, -0.1) is 12.4 Å². The minimum atomic E-state index is -0.340. The molecule has 23 heavy (non-hydrogen) atoms. The topological polar surface area (TPSA) is 55.1 Å². The van der Waals surface area contributed by atoms with Gasteiger partial charge in [0, 0.05) is 12.6 Å². The number of hydrogen-bond donors (Lipinski definition) is 2. The van der Waals surface area contributed by atoms with Gasteiger partial charge < -0.3 is 11.1 Å². The molecule has 0 aliphatic heterocycles. The summed E-state index contributed by atoms with van der Waals surface area (Å²) in [6.07, 6.45) is 7.87. The smallest absolute Gasteiger partial charge is 0.230 e. The maximum atomic E-state index is 13.0. The fourth-order valence-corrected chi connectivity index (χ4v) is 3.82. The van der Waals surface area contributed by atoms with E-state index in [4.69, 9.17) is 5.73 Å². The summed E-state index contributed by atoms with van der Waals surface area (Å²) in [4.78, 5) is 13.0. The van der Waals surface area contributed by atoms with Gasteiger partial charge in [-0.05, 0) is 44.1 Å². The van der Waals surface area contributed by atoms with Crippen LogP contribution in [0, 0.1) is 12.8 Å². The predicted molar refractivity (Wildman–Crippen MR) is 96.9 cm³/mol. The van der Waals surface area contributed by atoms with Crippen molar-refractivity contribution < 1.29 is 4.79 Å². The first kappa shape index (κ1) is 18.3. The molecule has 0 saturated heterocycles. The lowest BCUT2D eigenvalue weighted by atomic mass is 9.68. The zero-order valence-electron chi connectivity index (χ0n) is 14.0. The van der Waals surface area contributed by atoms with Crippen LogP contribution in [0.5, 0.6) is 0 Å². The van der Waals surface area contributed by atoms with Crippen molar-refractivity contribution >= 4 is 18.3 Å². The summed E-state index contributed by atoms with van der Waals surface area (Å²) in [5.74, 6) is 0.815. The zero-order chi connectivity index (χ0) is 15.6. The largest absolute Gasteiger partial charge is 0.354 e. The van der Waals surface area contributed by atoms with Crippen molar-refractivity contribution in [3.8, 4) is 0 Å². The number of nitrogens with one attached hydrogen (secondary N) is 1. The van der Waals surface area contributed by atoms with Gasteiger partial charge in [-0.1, -0.05) is 49.1 Å². The molecule has 2 fully saturated rings. The second-order valence-electron chi connectivity index (χ2n) is 7.22. The van der Waals surface area contributed by atoms with Crippen molar-refractivity contribution in [2.45, 2.75) is 63.3 Å². The average Bonchev–Trinajstić information content (AvgIpc) is 3.38. The molecule has 2 aliphatic carbocycles. The summed E-state index contributed by atoms with van der Waals surface area (Å²) in [5, 5.41) is 3.17. The molecule has 3 nitrogen and oxygen atoms in total. The molecule has 4 heteroatoms. The molecule has 0 spiro atoms. The van der Waals surface area contributed by atoms with Crippen LogP contribution in [0.4, 0.5) is 0 Å². The third-order valence-electron chi connectivity index (χ3n) is 5.44. The Morgan fingerprint density at radius 2 is 2.00 bits per heavy atom. The maximum absolute atomic E-state index is 13.0. The van der Waals surface area contributed by atoms with Gasteiger partial charge in [0.15, 0.2) is 0 Å². The van der Waals surface area contributed by atoms with Crippen LogP contribution in [0.1, 0.15) is 56.1 Å². The molecule has 0 radical (unpaired) electrons. The standard InChI is InChI=1S/C19H28N2O.ClH/c1-14-6-5-7-16(12-14)19(10-3-2-4-11-19)18(22)21-13-17(20)15-8-9-15;/h5-7,12,15,17H,2-4,8-11,13,20H2,1H3,(H,21,22);1H. The van der Waals surface area contributed by atoms with E-state index in [-0.39, 0.29) is 29.8 Å².